The number of hydrogen-bond acceptors (Lipinski definition) is 14. The van der Waals surface area contributed by atoms with Crippen LogP contribution in [0.1, 0.15) is 112 Å². The number of halogens is 2. The van der Waals surface area contributed by atoms with Gasteiger partial charge in [0.25, 0.3) is 0 Å². The first-order valence-corrected chi connectivity index (χ1v) is 37.6. The smallest absolute Gasteiger partial charge is 0.226 e. The zero-order valence-corrected chi connectivity index (χ0v) is 61.7. The fraction of sp³-hybridized carbons (Fsp3) is 0.277. The van der Waals surface area contributed by atoms with Crippen LogP contribution in [0.25, 0.3) is 0 Å². The van der Waals surface area contributed by atoms with Gasteiger partial charge in [-0.1, -0.05) is 274 Å². The molecule has 0 aromatic heterocycles. The lowest BCUT2D eigenvalue weighted by molar-refractivity contribution is -0.387. The maximum absolute atomic E-state index is 16.0. The molecule has 2 saturated heterocycles. The summed E-state index contributed by atoms with van der Waals surface area (Å²) in [6.45, 7) is 5.90. The second kappa shape index (κ2) is 37.2. The van der Waals surface area contributed by atoms with Gasteiger partial charge in [0.15, 0.2) is 11.6 Å². The Balaban J connectivity index is 0.000000185. The molecule has 0 saturated carbocycles. The zero-order chi connectivity index (χ0) is 75.5. The lowest BCUT2D eigenvalue weighted by Gasteiger charge is -2.51. The van der Waals surface area contributed by atoms with E-state index in [4.69, 9.17) is 56.8 Å². The maximum atomic E-state index is 16.0. The molecule has 0 aliphatic carbocycles. The normalized spacial score (nSPS) is 21.7. The van der Waals surface area contributed by atoms with Crippen LogP contribution < -0.4 is 0 Å². The quantitative estimate of drug-likeness (QED) is 0.0380. The van der Waals surface area contributed by atoms with Crippen LogP contribution in [-0.2, 0) is 147 Å². The number of carbonyl (C=O) groups is 2. The third-order valence-electron chi connectivity index (χ3n) is 20.3. The number of aryl methyl sites for hydroxylation is 1. The minimum Gasteiger partial charge on any atom is -0.374 e. The zero-order valence-electron chi connectivity index (χ0n) is 61.7. The second-order valence-corrected chi connectivity index (χ2v) is 28.0. The summed E-state index contributed by atoms with van der Waals surface area (Å²) in [6, 6.07) is 92.9. The molecule has 0 bridgehead atoms. The topological polar surface area (TPSA) is 145 Å². The van der Waals surface area contributed by atoms with Gasteiger partial charge in [0.05, 0.1) is 90.4 Å². The van der Waals surface area contributed by atoms with Crippen molar-refractivity contribution in [3.05, 3.63) is 392 Å². The number of Topliss-reactive ketones (excluding diaryl/α,β-unsaturated/α-hetero) is 2. The van der Waals surface area contributed by atoms with Crippen LogP contribution >= 0.6 is 0 Å². The van der Waals surface area contributed by atoms with E-state index in [-0.39, 0.29) is 89.4 Å². The van der Waals surface area contributed by atoms with Crippen LogP contribution in [0.3, 0.4) is 0 Å². The van der Waals surface area contributed by atoms with Crippen LogP contribution in [0.2, 0.25) is 0 Å². The van der Waals surface area contributed by atoms with Gasteiger partial charge in [-0.2, -0.15) is 0 Å². The van der Waals surface area contributed by atoms with E-state index in [1.807, 2.05) is 267 Å². The Bertz CT molecular complexity index is 4730. The largest absolute Gasteiger partial charge is 0.374 e. The Morgan fingerprint density at radius 1 is 0.355 bits per heavy atom. The van der Waals surface area contributed by atoms with E-state index in [9.17, 15) is 9.59 Å². The molecule has 2 fully saturated rings. The van der Waals surface area contributed by atoms with E-state index in [2.05, 4.69) is 6.92 Å². The van der Waals surface area contributed by atoms with Crippen molar-refractivity contribution >= 4 is 11.6 Å². The minimum absolute atomic E-state index is 0.0307. The fourth-order valence-electron chi connectivity index (χ4n) is 14.6. The lowest BCUT2D eigenvalue weighted by Crippen LogP contribution is -2.65. The highest BCUT2D eigenvalue weighted by molar-refractivity contribution is 5.98. The number of rotatable bonds is 31. The summed E-state index contributed by atoms with van der Waals surface area (Å²) in [5.41, 5.74) is 11.8. The second-order valence-electron chi connectivity index (χ2n) is 28.0. The van der Waals surface area contributed by atoms with Crippen LogP contribution in [0, 0.1) is 11.6 Å². The first-order chi connectivity index (χ1) is 54.0. The highest BCUT2D eigenvalue weighted by Crippen LogP contribution is 2.52. The summed E-state index contributed by atoms with van der Waals surface area (Å²) in [5, 5.41) is 0. The minimum atomic E-state index is -1.62. The molecular formula is C94H90F2O14. The molecule has 10 atom stereocenters. The van der Waals surface area contributed by atoms with Crippen molar-refractivity contribution in [1.29, 1.82) is 0 Å². The Hall–Kier alpha value is -9.86. The van der Waals surface area contributed by atoms with Crippen molar-refractivity contribution in [2.24, 2.45) is 0 Å². The molecule has 16 heteroatoms. The number of ether oxygens (including phenoxy) is 12. The standard InChI is InChI=1S/C51H49FO7.C43H41FO7/c1-2-36-23-25-37(26-24-36)27-46(53)43-29-44-42(28-45(43)52)34-58-51(44)50(57-33-41-21-13-6-14-22-41)49(56-32-40-19-11-5-12-20-40)48(55-31-39-17-9-4-10-18-39)47(59-51)35-54-30-38-15-7-3-8-16-38;1-30(45)36-23-37-35(22-38(36)44)28-50-43(37)42(49-27-34-20-12-5-13-21-34)41(48-26-33-18-10-4-11-19-33)40(47-25-32-16-8-3-9-17-32)39(51-43)29-46-24-31-14-6-2-7-15-31/h3-26,28-29,47-50H,2,27,30-35H2,1H3;2-23,39-42H,24-29H2,1H3/t47-,48-,49+,50-,51+;39-,40-,41+,42-,43+/m11/s1. The molecule has 0 amide bonds. The van der Waals surface area contributed by atoms with E-state index in [1.54, 1.807) is 12.1 Å². The van der Waals surface area contributed by atoms with Crippen LogP contribution in [-0.4, -0.2) is 73.6 Å². The van der Waals surface area contributed by atoms with Gasteiger partial charge in [-0.3, -0.25) is 9.59 Å². The summed E-state index contributed by atoms with van der Waals surface area (Å²) >= 11 is 0. The van der Waals surface area contributed by atoms with Crippen molar-refractivity contribution in [1.82, 2.24) is 0 Å². The van der Waals surface area contributed by atoms with Gasteiger partial charge >= 0.3 is 0 Å². The van der Waals surface area contributed by atoms with E-state index < -0.39 is 77.8 Å². The number of benzene rings is 11. The van der Waals surface area contributed by atoms with Gasteiger partial charge in [-0.05, 0) is 104 Å². The summed E-state index contributed by atoms with van der Waals surface area (Å²) in [5.74, 6) is -5.17. The molecule has 14 nitrogen and oxygen atoms in total. The van der Waals surface area contributed by atoms with Crippen LogP contribution in [0.4, 0.5) is 8.78 Å². The van der Waals surface area contributed by atoms with Crippen molar-refractivity contribution in [2.45, 2.75) is 153 Å². The van der Waals surface area contributed by atoms with Crippen molar-refractivity contribution < 1.29 is 75.2 Å². The fourth-order valence-corrected chi connectivity index (χ4v) is 14.6. The average Bonchev–Trinajstić information content (AvgIpc) is 1.49. The number of carbonyl (C=O) groups excluding carboxylic acids is 2. The molecule has 0 N–H and O–H groups in total. The van der Waals surface area contributed by atoms with Gasteiger partial charge in [-0.25, -0.2) is 8.78 Å². The van der Waals surface area contributed by atoms with E-state index in [0.29, 0.717) is 35.5 Å². The van der Waals surface area contributed by atoms with Gasteiger partial charge in [0.2, 0.25) is 11.6 Å². The molecule has 4 aliphatic heterocycles. The van der Waals surface area contributed by atoms with Crippen molar-refractivity contribution in [3.63, 3.8) is 0 Å². The van der Waals surface area contributed by atoms with Gasteiger partial charge in [0, 0.05) is 17.5 Å². The van der Waals surface area contributed by atoms with E-state index in [1.165, 1.54) is 19.1 Å². The SMILES string of the molecule is CC(=O)c1cc2c(cc1F)CO[C@]21O[C@H](COCc2ccccc2)[C@@H](OCc2ccccc2)[C@H](OCc2ccccc2)[C@H]1OCc1ccccc1.CCc1ccc(CC(=O)c2cc3c(cc2F)CO[C@]32O[C@H](COCc3ccccc3)[C@@H](OCc3ccccc3)[C@H](OCc3ccccc3)[C@H]2OCc2ccccc2)cc1. The maximum Gasteiger partial charge on any atom is 0.226 e. The van der Waals surface area contributed by atoms with Crippen LogP contribution in [0.15, 0.2) is 291 Å². The van der Waals surface area contributed by atoms with E-state index >= 15 is 8.78 Å². The highest BCUT2D eigenvalue weighted by Gasteiger charge is 2.63. The Morgan fingerprint density at radius 2 is 0.645 bits per heavy atom. The molecule has 0 radical (unpaired) electrons. The predicted octanol–water partition coefficient (Wildman–Crippen LogP) is 18.0. The molecule has 4 heterocycles. The summed E-state index contributed by atoms with van der Waals surface area (Å²) in [6.07, 6.45) is -5.31. The Morgan fingerprint density at radius 3 is 0.973 bits per heavy atom. The molecule has 110 heavy (non-hydrogen) atoms. The number of hydrogen-bond donors (Lipinski definition) is 0. The lowest BCUT2D eigenvalue weighted by atomic mass is 9.85. The third-order valence-corrected chi connectivity index (χ3v) is 20.3. The monoisotopic (exact) mass is 1480 g/mol. The molecular weight excluding hydrogens is 1390 g/mol. The van der Waals surface area contributed by atoms with E-state index in [0.717, 1.165) is 62.1 Å². The molecule has 11 aromatic carbocycles. The summed E-state index contributed by atoms with van der Waals surface area (Å²) in [4.78, 5) is 26.6. The third kappa shape index (κ3) is 18.8. The summed E-state index contributed by atoms with van der Waals surface area (Å²) in [7, 11) is 0. The highest BCUT2D eigenvalue weighted by atomic mass is 19.1. The molecule has 0 unspecified atom stereocenters. The first-order valence-electron chi connectivity index (χ1n) is 37.6. The van der Waals surface area contributed by atoms with Crippen LogP contribution in [0.5, 0.6) is 0 Å². The molecule has 15 rings (SSSR count). The Kier molecular flexibility index (Phi) is 26.0. The molecule has 564 valence electrons. The molecule has 4 aliphatic rings. The molecule has 2 spiro atoms. The average molecular weight is 1480 g/mol. The predicted molar refractivity (Wildman–Crippen MR) is 412 cm³/mol. The Labute approximate surface area is 641 Å². The van der Waals surface area contributed by atoms with Gasteiger partial charge in [-0.15, -0.1) is 0 Å². The van der Waals surface area contributed by atoms with Gasteiger partial charge < -0.3 is 56.8 Å². The first kappa shape index (κ1) is 76.9. The number of fused-ring (bicyclic) bond motifs is 4. The van der Waals surface area contributed by atoms with Gasteiger partial charge in [0.1, 0.15) is 60.5 Å². The van der Waals surface area contributed by atoms with Crippen molar-refractivity contribution in [3.8, 4) is 0 Å². The summed E-state index contributed by atoms with van der Waals surface area (Å²) < 4.78 is 113. The molecule has 11 aromatic rings. The number of ketones is 2. The van der Waals surface area contributed by atoms with Crippen molar-refractivity contribution in [2.75, 3.05) is 13.2 Å².